The molecule has 2 rings (SSSR count). The zero-order valence-electron chi connectivity index (χ0n) is 11.5. The summed E-state index contributed by atoms with van der Waals surface area (Å²) in [5.74, 6) is 0.861. The number of rotatable bonds is 7. The van der Waals surface area contributed by atoms with Crippen LogP contribution in [0.1, 0.15) is 64.7 Å². The molecule has 2 nitrogen and oxygen atoms in total. The van der Waals surface area contributed by atoms with Crippen LogP contribution in [-0.4, -0.2) is 25.3 Å². The lowest BCUT2D eigenvalue weighted by Crippen LogP contribution is -2.43. The molecule has 100 valence electrons. The molecule has 1 N–H and O–H groups in total. The van der Waals surface area contributed by atoms with E-state index in [1.54, 1.807) is 0 Å². The summed E-state index contributed by atoms with van der Waals surface area (Å²) in [6.45, 7) is 5.42. The van der Waals surface area contributed by atoms with Gasteiger partial charge in [0.05, 0.1) is 12.2 Å². The molecule has 0 unspecified atom stereocenters. The molecule has 0 radical (unpaired) electrons. The molecule has 0 aromatic heterocycles. The van der Waals surface area contributed by atoms with E-state index in [2.05, 4.69) is 12.2 Å². The van der Waals surface area contributed by atoms with Crippen molar-refractivity contribution in [3.63, 3.8) is 0 Å². The number of nitrogens with one attached hydrogen (secondary N) is 1. The van der Waals surface area contributed by atoms with Crippen LogP contribution in [-0.2, 0) is 4.74 Å². The summed E-state index contributed by atoms with van der Waals surface area (Å²) in [5, 5.41) is 3.43. The van der Waals surface area contributed by atoms with Crippen LogP contribution in [0.2, 0.25) is 0 Å². The monoisotopic (exact) mass is 239 g/mol. The van der Waals surface area contributed by atoms with Crippen molar-refractivity contribution in [1.29, 1.82) is 0 Å². The summed E-state index contributed by atoms with van der Waals surface area (Å²) in [5.41, 5.74) is 0.264. The SMILES string of the molecule is CCNCCC1(OCC2CCCCC2)CCC1. The molecule has 0 aromatic rings. The lowest BCUT2D eigenvalue weighted by atomic mass is 9.77. The first kappa shape index (κ1) is 13.4. The second-order valence-corrected chi connectivity index (χ2v) is 5.96. The van der Waals surface area contributed by atoms with Gasteiger partial charge in [0.1, 0.15) is 0 Å². The summed E-state index contributed by atoms with van der Waals surface area (Å²) in [7, 11) is 0. The molecule has 2 aliphatic rings. The Morgan fingerprint density at radius 1 is 1.12 bits per heavy atom. The van der Waals surface area contributed by atoms with Gasteiger partial charge in [-0.2, -0.15) is 0 Å². The topological polar surface area (TPSA) is 21.3 Å². The fourth-order valence-corrected chi connectivity index (χ4v) is 3.18. The van der Waals surface area contributed by atoms with E-state index in [1.165, 1.54) is 57.8 Å². The largest absolute Gasteiger partial charge is 0.375 e. The Morgan fingerprint density at radius 3 is 2.47 bits per heavy atom. The first-order valence-corrected chi connectivity index (χ1v) is 7.69. The second-order valence-electron chi connectivity index (χ2n) is 5.96. The van der Waals surface area contributed by atoms with Gasteiger partial charge in [0.15, 0.2) is 0 Å². The maximum absolute atomic E-state index is 6.31. The van der Waals surface area contributed by atoms with Gasteiger partial charge in [-0.25, -0.2) is 0 Å². The maximum atomic E-state index is 6.31. The van der Waals surface area contributed by atoms with Crippen molar-refractivity contribution in [2.45, 2.75) is 70.3 Å². The lowest BCUT2D eigenvalue weighted by Gasteiger charge is -2.43. The Balaban J connectivity index is 1.67. The van der Waals surface area contributed by atoms with E-state index >= 15 is 0 Å². The predicted octanol–water partition coefficient (Wildman–Crippen LogP) is 3.51. The highest BCUT2D eigenvalue weighted by Crippen LogP contribution is 2.39. The first-order chi connectivity index (χ1) is 8.35. The molecule has 2 fully saturated rings. The zero-order valence-corrected chi connectivity index (χ0v) is 11.5. The molecule has 17 heavy (non-hydrogen) atoms. The van der Waals surface area contributed by atoms with Crippen LogP contribution in [0.5, 0.6) is 0 Å². The van der Waals surface area contributed by atoms with Crippen LogP contribution in [0.3, 0.4) is 0 Å². The molecular formula is C15H29NO. The Bertz CT molecular complexity index is 207. The minimum atomic E-state index is 0.264. The van der Waals surface area contributed by atoms with E-state index in [0.29, 0.717) is 0 Å². The van der Waals surface area contributed by atoms with E-state index in [4.69, 9.17) is 4.74 Å². The quantitative estimate of drug-likeness (QED) is 0.687. The van der Waals surface area contributed by atoms with Gasteiger partial charge >= 0.3 is 0 Å². The number of hydrogen-bond acceptors (Lipinski definition) is 2. The standard InChI is InChI=1S/C15H29NO/c1-2-16-12-11-15(9-6-10-15)17-13-14-7-4-3-5-8-14/h14,16H,2-13H2,1H3. The van der Waals surface area contributed by atoms with Crippen LogP contribution in [0.4, 0.5) is 0 Å². The molecule has 0 bridgehead atoms. The summed E-state index contributed by atoms with van der Waals surface area (Å²) < 4.78 is 6.31. The third-order valence-corrected chi connectivity index (χ3v) is 4.62. The predicted molar refractivity (Wildman–Crippen MR) is 72.3 cm³/mol. The molecular weight excluding hydrogens is 210 g/mol. The van der Waals surface area contributed by atoms with Crippen molar-refractivity contribution in [3.8, 4) is 0 Å². The average Bonchev–Trinajstić information content (AvgIpc) is 2.33. The molecule has 2 heteroatoms. The van der Waals surface area contributed by atoms with Crippen LogP contribution in [0.15, 0.2) is 0 Å². The van der Waals surface area contributed by atoms with Gasteiger partial charge in [0.25, 0.3) is 0 Å². The van der Waals surface area contributed by atoms with Crippen molar-refractivity contribution in [2.75, 3.05) is 19.7 Å². The molecule has 2 saturated carbocycles. The molecule has 2 aliphatic carbocycles. The summed E-state index contributed by atoms with van der Waals surface area (Å²) in [6, 6.07) is 0. The van der Waals surface area contributed by atoms with Crippen LogP contribution in [0, 0.1) is 5.92 Å². The van der Waals surface area contributed by atoms with Crippen molar-refractivity contribution in [3.05, 3.63) is 0 Å². The molecule has 0 aliphatic heterocycles. The smallest absolute Gasteiger partial charge is 0.0694 e. The third kappa shape index (κ3) is 3.96. The Kier molecular flexibility index (Phi) is 5.30. The molecule has 0 atom stereocenters. The molecule has 0 heterocycles. The second kappa shape index (κ2) is 6.75. The number of ether oxygens (including phenoxy) is 1. The average molecular weight is 239 g/mol. The Morgan fingerprint density at radius 2 is 1.88 bits per heavy atom. The van der Waals surface area contributed by atoms with E-state index in [1.807, 2.05) is 0 Å². The molecule has 0 saturated heterocycles. The molecule has 0 aromatic carbocycles. The summed E-state index contributed by atoms with van der Waals surface area (Å²) in [4.78, 5) is 0. The van der Waals surface area contributed by atoms with Gasteiger partial charge in [0, 0.05) is 0 Å². The lowest BCUT2D eigenvalue weighted by molar-refractivity contribution is -0.118. The molecule has 0 spiro atoms. The molecule has 0 amide bonds. The van der Waals surface area contributed by atoms with Crippen molar-refractivity contribution < 1.29 is 4.74 Å². The van der Waals surface area contributed by atoms with Gasteiger partial charge in [-0.05, 0) is 57.5 Å². The van der Waals surface area contributed by atoms with Crippen LogP contribution >= 0.6 is 0 Å². The van der Waals surface area contributed by atoms with E-state index in [0.717, 1.165) is 25.6 Å². The zero-order chi connectivity index (χ0) is 12.0. The van der Waals surface area contributed by atoms with E-state index < -0.39 is 0 Å². The fourth-order valence-electron chi connectivity index (χ4n) is 3.18. The van der Waals surface area contributed by atoms with Crippen molar-refractivity contribution in [1.82, 2.24) is 5.32 Å². The summed E-state index contributed by atoms with van der Waals surface area (Å²) in [6.07, 6.45) is 12.3. The highest BCUT2D eigenvalue weighted by atomic mass is 16.5. The Hall–Kier alpha value is -0.0800. The first-order valence-electron chi connectivity index (χ1n) is 7.69. The van der Waals surface area contributed by atoms with Crippen molar-refractivity contribution in [2.24, 2.45) is 5.92 Å². The normalized spacial score (nSPS) is 24.5. The highest BCUT2D eigenvalue weighted by Gasteiger charge is 2.37. The Labute approximate surface area is 107 Å². The van der Waals surface area contributed by atoms with Gasteiger partial charge in [-0.15, -0.1) is 0 Å². The van der Waals surface area contributed by atoms with Gasteiger partial charge in [-0.1, -0.05) is 26.2 Å². The van der Waals surface area contributed by atoms with Gasteiger partial charge < -0.3 is 10.1 Å². The van der Waals surface area contributed by atoms with Crippen molar-refractivity contribution >= 4 is 0 Å². The number of hydrogen-bond donors (Lipinski definition) is 1. The fraction of sp³-hybridized carbons (Fsp3) is 1.00. The summed E-state index contributed by atoms with van der Waals surface area (Å²) >= 11 is 0. The highest BCUT2D eigenvalue weighted by molar-refractivity contribution is 4.90. The van der Waals surface area contributed by atoms with Gasteiger partial charge in [-0.3, -0.25) is 0 Å². The van der Waals surface area contributed by atoms with Crippen LogP contribution < -0.4 is 5.32 Å². The van der Waals surface area contributed by atoms with E-state index in [-0.39, 0.29) is 5.60 Å². The maximum Gasteiger partial charge on any atom is 0.0694 e. The minimum absolute atomic E-state index is 0.264. The van der Waals surface area contributed by atoms with E-state index in [9.17, 15) is 0 Å². The minimum Gasteiger partial charge on any atom is -0.375 e. The third-order valence-electron chi connectivity index (χ3n) is 4.62. The van der Waals surface area contributed by atoms with Gasteiger partial charge in [0.2, 0.25) is 0 Å². The van der Waals surface area contributed by atoms with Crippen LogP contribution in [0.25, 0.3) is 0 Å².